The topological polar surface area (TPSA) is 0 Å². The fraction of sp³-hybridized carbons (Fsp3) is 0.818. The van der Waals surface area contributed by atoms with Crippen molar-refractivity contribution in [1.29, 1.82) is 0 Å². The number of allylic oxidation sites excluding steroid dienone is 2. The van der Waals surface area contributed by atoms with Crippen LogP contribution < -0.4 is 0 Å². The Morgan fingerprint density at radius 3 is 2.82 bits per heavy atom. The van der Waals surface area contributed by atoms with Crippen LogP contribution in [-0.4, -0.2) is 0 Å². The Morgan fingerprint density at radius 1 is 1.55 bits per heavy atom. The van der Waals surface area contributed by atoms with Crippen LogP contribution in [0.15, 0.2) is 12.2 Å². The van der Waals surface area contributed by atoms with Crippen LogP contribution in [0.1, 0.15) is 40.0 Å². The third kappa shape index (κ3) is 2.08. The molecule has 0 nitrogen and oxygen atoms in total. The lowest BCUT2D eigenvalue weighted by molar-refractivity contribution is 0.284. The predicted octanol–water partition coefficient (Wildman–Crippen LogP) is 3.63. The second-order valence-corrected chi connectivity index (χ2v) is 3.95. The Labute approximate surface area is 70.7 Å². The summed E-state index contributed by atoms with van der Waals surface area (Å²) in [6.45, 7) is 7.05. The first-order valence-corrected chi connectivity index (χ1v) is 4.92. The molecule has 0 aromatic heterocycles. The van der Waals surface area contributed by atoms with Crippen molar-refractivity contribution in [2.75, 3.05) is 0 Å². The highest BCUT2D eigenvalue weighted by Crippen LogP contribution is 2.31. The van der Waals surface area contributed by atoms with Gasteiger partial charge in [-0.25, -0.2) is 0 Å². The van der Waals surface area contributed by atoms with Crippen molar-refractivity contribution in [3.8, 4) is 0 Å². The molecule has 0 aromatic carbocycles. The minimum atomic E-state index is 0.855. The van der Waals surface area contributed by atoms with E-state index < -0.39 is 0 Å². The molecule has 0 spiro atoms. The van der Waals surface area contributed by atoms with Gasteiger partial charge in [-0.2, -0.15) is 0 Å². The van der Waals surface area contributed by atoms with Crippen LogP contribution in [0.3, 0.4) is 0 Å². The molecule has 0 N–H and O–H groups in total. The zero-order valence-corrected chi connectivity index (χ0v) is 8.01. The third-order valence-electron chi connectivity index (χ3n) is 3.11. The number of rotatable bonds is 2. The van der Waals surface area contributed by atoms with Crippen molar-refractivity contribution in [3.63, 3.8) is 0 Å². The maximum Gasteiger partial charge on any atom is -0.0182 e. The predicted molar refractivity (Wildman–Crippen MR) is 50.5 cm³/mol. The summed E-state index contributed by atoms with van der Waals surface area (Å²) in [7, 11) is 0. The molecule has 0 fully saturated rings. The van der Waals surface area contributed by atoms with Crippen molar-refractivity contribution in [2.24, 2.45) is 17.8 Å². The summed E-state index contributed by atoms with van der Waals surface area (Å²) in [6.07, 6.45) is 8.80. The summed E-state index contributed by atoms with van der Waals surface area (Å²) in [5, 5.41) is 0. The third-order valence-corrected chi connectivity index (χ3v) is 3.11. The SMILES string of the molecule is CCC(C)C1C=CCCC1C. The minimum absolute atomic E-state index is 0.855. The fourth-order valence-electron chi connectivity index (χ4n) is 2.02. The van der Waals surface area contributed by atoms with Crippen LogP contribution in [0.25, 0.3) is 0 Å². The van der Waals surface area contributed by atoms with Gasteiger partial charge in [0.15, 0.2) is 0 Å². The molecule has 3 unspecified atom stereocenters. The molecular weight excluding hydrogens is 132 g/mol. The first-order chi connectivity index (χ1) is 5.25. The zero-order chi connectivity index (χ0) is 8.27. The fourth-order valence-corrected chi connectivity index (χ4v) is 2.02. The van der Waals surface area contributed by atoms with Crippen LogP contribution in [0.4, 0.5) is 0 Å². The second kappa shape index (κ2) is 3.94. The molecule has 0 saturated carbocycles. The average Bonchev–Trinajstić information content (AvgIpc) is 2.04. The highest BCUT2D eigenvalue weighted by molar-refractivity contribution is 4.97. The van der Waals surface area contributed by atoms with E-state index in [4.69, 9.17) is 0 Å². The molecule has 0 aromatic rings. The highest BCUT2D eigenvalue weighted by atomic mass is 14.3. The maximum absolute atomic E-state index is 2.43. The van der Waals surface area contributed by atoms with E-state index in [9.17, 15) is 0 Å². The van der Waals surface area contributed by atoms with Crippen LogP contribution >= 0.6 is 0 Å². The van der Waals surface area contributed by atoms with E-state index in [2.05, 4.69) is 32.9 Å². The summed E-state index contributed by atoms with van der Waals surface area (Å²) >= 11 is 0. The van der Waals surface area contributed by atoms with Gasteiger partial charge in [-0.05, 0) is 30.6 Å². The first-order valence-electron chi connectivity index (χ1n) is 4.92. The zero-order valence-electron chi connectivity index (χ0n) is 8.01. The van der Waals surface area contributed by atoms with Crippen LogP contribution in [0, 0.1) is 17.8 Å². The van der Waals surface area contributed by atoms with Crippen molar-refractivity contribution >= 4 is 0 Å². The van der Waals surface area contributed by atoms with Crippen molar-refractivity contribution in [1.82, 2.24) is 0 Å². The van der Waals surface area contributed by atoms with Gasteiger partial charge in [0.2, 0.25) is 0 Å². The van der Waals surface area contributed by atoms with Gasteiger partial charge in [-0.15, -0.1) is 0 Å². The highest BCUT2D eigenvalue weighted by Gasteiger charge is 2.21. The lowest BCUT2D eigenvalue weighted by Crippen LogP contribution is -2.19. The Bertz CT molecular complexity index is 135. The largest absolute Gasteiger partial charge is 0.0882 e. The van der Waals surface area contributed by atoms with E-state index in [1.165, 1.54) is 19.3 Å². The molecule has 0 aliphatic heterocycles. The maximum atomic E-state index is 2.43. The van der Waals surface area contributed by atoms with E-state index in [-0.39, 0.29) is 0 Å². The standard InChI is InChI=1S/C11H20/c1-4-9(2)11-8-6-5-7-10(11)3/h6,8-11H,4-5,7H2,1-3H3. The average molecular weight is 152 g/mol. The summed E-state index contributed by atoms with van der Waals surface area (Å²) in [6, 6.07) is 0. The number of hydrogen-bond donors (Lipinski definition) is 0. The van der Waals surface area contributed by atoms with E-state index in [0.29, 0.717) is 0 Å². The molecule has 64 valence electrons. The molecule has 0 heterocycles. The normalized spacial score (nSPS) is 33.7. The Morgan fingerprint density at radius 2 is 2.27 bits per heavy atom. The van der Waals surface area contributed by atoms with Gasteiger partial charge in [0.25, 0.3) is 0 Å². The van der Waals surface area contributed by atoms with E-state index >= 15 is 0 Å². The number of hydrogen-bond acceptors (Lipinski definition) is 0. The molecule has 1 aliphatic carbocycles. The molecule has 0 amide bonds. The Balaban J connectivity index is 2.53. The van der Waals surface area contributed by atoms with Gasteiger partial charge in [-0.1, -0.05) is 39.3 Å². The van der Waals surface area contributed by atoms with Gasteiger partial charge in [0.1, 0.15) is 0 Å². The molecule has 3 atom stereocenters. The summed E-state index contributed by atoms with van der Waals surface area (Å²) in [5.74, 6) is 2.64. The van der Waals surface area contributed by atoms with E-state index in [1.54, 1.807) is 0 Å². The van der Waals surface area contributed by atoms with Crippen LogP contribution in [0.2, 0.25) is 0 Å². The van der Waals surface area contributed by atoms with Gasteiger partial charge in [0, 0.05) is 0 Å². The summed E-state index contributed by atoms with van der Waals surface area (Å²) in [4.78, 5) is 0. The molecule has 11 heavy (non-hydrogen) atoms. The summed E-state index contributed by atoms with van der Waals surface area (Å²) in [5.41, 5.74) is 0. The van der Waals surface area contributed by atoms with E-state index in [0.717, 1.165) is 17.8 Å². The smallest absolute Gasteiger partial charge is 0.0182 e. The quantitative estimate of drug-likeness (QED) is 0.530. The monoisotopic (exact) mass is 152 g/mol. The molecule has 0 saturated heterocycles. The van der Waals surface area contributed by atoms with Gasteiger partial charge in [-0.3, -0.25) is 0 Å². The Hall–Kier alpha value is -0.260. The molecule has 0 heteroatoms. The molecule has 1 aliphatic rings. The van der Waals surface area contributed by atoms with Crippen molar-refractivity contribution in [2.45, 2.75) is 40.0 Å². The van der Waals surface area contributed by atoms with Crippen molar-refractivity contribution < 1.29 is 0 Å². The first kappa shape index (κ1) is 8.83. The van der Waals surface area contributed by atoms with Crippen LogP contribution in [-0.2, 0) is 0 Å². The Kier molecular flexibility index (Phi) is 3.16. The molecular formula is C11H20. The van der Waals surface area contributed by atoms with Gasteiger partial charge >= 0.3 is 0 Å². The molecule has 0 radical (unpaired) electrons. The summed E-state index contributed by atoms with van der Waals surface area (Å²) < 4.78 is 0. The van der Waals surface area contributed by atoms with Gasteiger partial charge < -0.3 is 0 Å². The van der Waals surface area contributed by atoms with Crippen molar-refractivity contribution in [3.05, 3.63) is 12.2 Å². The van der Waals surface area contributed by atoms with Crippen LogP contribution in [0.5, 0.6) is 0 Å². The lowest BCUT2D eigenvalue weighted by Gasteiger charge is -2.28. The van der Waals surface area contributed by atoms with E-state index in [1.807, 2.05) is 0 Å². The molecule has 0 bridgehead atoms. The van der Waals surface area contributed by atoms with Gasteiger partial charge in [0.05, 0.1) is 0 Å². The minimum Gasteiger partial charge on any atom is -0.0882 e. The lowest BCUT2D eigenvalue weighted by atomic mass is 9.77. The molecule has 1 rings (SSSR count). The second-order valence-electron chi connectivity index (χ2n) is 3.95.